The Morgan fingerprint density at radius 1 is 1.00 bits per heavy atom. The van der Waals surface area contributed by atoms with Gasteiger partial charge in [0, 0.05) is 6.54 Å². The molecule has 0 aliphatic heterocycles. The van der Waals surface area contributed by atoms with Crippen LogP contribution < -0.4 is 15.4 Å². The quantitative estimate of drug-likeness (QED) is 0.697. The van der Waals surface area contributed by atoms with E-state index in [9.17, 15) is 9.59 Å². The van der Waals surface area contributed by atoms with E-state index in [1.54, 1.807) is 24.3 Å². The number of ether oxygens (including phenoxy) is 1. The van der Waals surface area contributed by atoms with E-state index in [4.69, 9.17) is 4.74 Å². The fourth-order valence-corrected chi connectivity index (χ4v) is 2.63. The molecule has 0 fully saturated rings. The summed E-state index contributed by atoms with van der Waals surface area (Å²) in [5.74, 6) is 0.188. The summed E-state index contributed by atoms with van der Waals surface area (Å²) in [6, 6.07) is 14.7. The summed E-state index contributed by atoms with van der Waals surface area (Å²) in [6.45, 7) is 6.57. The maximum atomic E-state index is 12.7. The molecular weight excluding hydrogens is 340 g/mol. The number of amides is 2. The van der Waals surface area contributed by atoms with Crippen molar-refractivity contribution in [3.63, 3.8) is 0 Å². The summed E-state index contributed by atoms with van der Waals surface area (Å²) in [7, 11) is 0. The van der Waals surface area contributed by atoms with Crippen molar-refractivity contribution in [3.8, 4) is 5.75 Å². The first-order chi connectivity index (χ1) is 13.1. The normalized spacial score (nSPS) is 11.5. The van der Waals surface area contributed by atoms with Crippen molar-refractivity contribution in [2.75, 3.05) is 11.9 Å². The lowest BCUT2D eigenvalue weighted by atomic mass is 10.1. The third-order valence-electron chi connectivity index (χ3n) is 4.24. The van der Waals surface area contributed by atoms with Gasteiger partial charge in [-0.25, -0.2) is 0 Å². The van der Waals surface area contributed by atoms with Crippen LogP contribution in [0.1, 0.15) is 49.5 Å². The van der Waals surface area contributed by atoms with E-state index in [0.717, 1.165) is 12.8 Å². The van der Waals surface area contributed by atoms with Gasteiger partial charge in [0.2, 0.25) is 0 Å². The summed E-state index contributed by atoms with van der Waals surface area (Å²) in [4.78, 5) is 25.0. The lowest BCUT2D eigenvalue weighted by molar-refractivity contribution is -0.122. The molecule has 2 aromatic carbocycles. The van der Waals surface area contributed by atoms with E-state index >= 15 is 0 Å². The van der Waals surface area contributed by atoms with Gasteiger partial charge in [-0.3, -0.25) is 9.59 Å². The summed E-state index contributed by atoms with van der Waals surface area (Å²) < 4.78 is 5.85. The number of rotatable bonds is 9. The first kappa shape index (κ1) is 20.5. The van der Waals surface area contributed by atoms with Crippen LogP contribution in [-0.4, -0.2) is 24.5 Å². The Bertz CT molecular complexity index is 756. The molecule has 0 heterocycles. The molecule has 2 rings (SSSR count). The second-order valence-electron chi connectivity index (χ2n) is 6.30. The molecule has 27 heavy (non-hydrogen) atoms. The Hall–Kier alpha value is -2.82. The van der Waals surface area contributed by atoms with Gasteiger partial charge in [-0.15, -0.1) is 0 Å². The van der Waals surface area contributed by atoms with Gasteiger partial charge in [0.15, 0.2) is 6.10 Å². The van der Waals surface area contributed by atoms with E-state index in [1.807, 2.05) is 38.1 Å². The van der Waals surface area contributed by atoms with E-state index in [2.05, 4.69) is 17.6 Å². The predicted octanol–water partition coefficient (Wildman–Crippen LogP) is 4.18. The minimum absolute atomic E-state index is 0.197. The Labute approximate surface area is 161 Å². The molecule has 0 saturated carbocycles. The van der Waals surface area contributed by atoms with Crippen molar-refractivity contribution in [2.24, 2.45) is 0 Å². The fourth-order valence-electron chi connectivity index (χ4n) is 2.63. The first-order valence-electron chi connectivity index (χ1n) is 9.52. The molecule has 2 aromatic rings. The summed E-state index contributed by atoms with van der Waals surface area (Å²) in [5.41, 5.74) is 2.15. The molecule has 0 aliphatic rings. The topological polar surface area (TPSA) is 67.4 Å². The van der Waals surface area contributed by atoms with E-state index < -0.39 is 6.10 Å². The number of aryl methyl sites for hydroxylation is 1. The van der Waals surface area contributed by atoms with Crippen molar-refractivity contribution < 1.29 is 14.3 Å². The second-order valence-corrected chi connectivity index (χ2v) is 6.30. The molecule has 2 amide bonds. The van der Waals surface area contributed by atoms with E-state index in [0.29, 0.717) is 30.0 Å². The number of nitrogens with one attached hydrogen (secondary N) is 2. The maximum absolute atomic E-state index is 12.7. The Morgan fingerprint density at radius 2 is 1.70 bits per heavy atom. The van der Waals surface area contributed by atoms with Crippen LogP contribution in [0.3, 0.4) is 0 Å². The number of para-hydroxylation sites is 1. The summed E-state index contributed by atoms with van der Waals surface area (Å²) >= 11 is 0. The molecule has 0 saturated heterocycles. The zero-order chi connectivity index (χ0) is 19.6. The Balaban J connectivity index is 2.08. The zero-order valence-electron chi connectivity index (χ0n) is 16.2. The molecule has 5 heteroatoms. The number of anilines is 1. The minimum Gasteiger partial charge on any atom is -0.481 e. The van der Waals surface area contributed by atoms with Gasteiger partial charge < -0.3 is 15.4 Å². The molecule has 0 radical (unpaired) electrons. The Kier molecular flexibility index (Phi) is 7.86. The van der Waals surface area contributed by atoms with Gasteiger partial charge in [0.05, 0.1) is 11.3 Å². The van der Waals surface area contributed by atoms with Gasteiger partial charge in [0.1, 0.15) is 5.75 Å². The number of benzene rings is 2. The molecule has 1 unspecified atom stereocenters. The molecule has 5 nitrogen and oxygen atoms in total. The summed E-state index contributed by atoms with van der Waals surface area (Å²) in [5, 5.41) is 5.67. The maximum Gasteiger partial charge on any atom is 0.265 e. The van der Waals surface area contributed by atoms with Crippen molar-refractivity contribution in [1.29, 1.82) is 0 Å². The van der Waals surface area contributed by atoms with Crippen molar-refractivity contribution in [1.82, 2.24) is 5.32 Å². The lowest BCUT2D eigenvalue weighted by Crippen LogP contribution is -2.33. The molecule has 2 N–H and O–H groups in total. The Morgan fingerprint density at radius 3 is 2.33 bits per heavy atom. The number of carbonyl (C=O) groups is 2. The third-order valence-corrected chi connectivity index (χ3v) is 4.24. The zero-order valence-corrected chi connectivity index (χ0v) is 16.2. The highest BCUT2D eigenvalue weighted by Crippen LogP contribution is 2.19. The largest absolute Gasteiger partial charge is 0.481 e. The smallest absolute Gasteiger partial charge is 0.265 e. The van der Waals surface area contributed by atoms with Crippen LogP contribution in [-0.2, 0) is 11.2 Å². The highest BCUT2D eigenvalue weighted by Gasteiger charge is 2.21. The highest BCUT2D eigenvalue weighted by atomic mass is 16.5. The minimum atomic E-state index is -0.635. The monoisotopic (exact) mass is 368 g/mol. The molecule has 0 aromatic heterocycles. The molecule has 0 bridgehead atoms. The van der Waals surface area contributed by atoms with Crippen LogP contribution >= 0.6 is 0 Å². The predicted molar refractivity (Wildman–Crippen MR) is 108 cm³/mol. The van der Waals surface area contributed by atoms with Gasteiger partial charge in [0.25, 0.3) is 11.8 Å². The third kappa shape index (κ3) is 5.84. The molecule has 1 atom stereocenters. The number of hydrogen-bond acceptors (Lipinski definition) is 3. The van der Waals surface area contributed by atoms with Crippen molar-refractivity contribution >= 4 is 17.5 Å². The van der Waals surface area contributed by atoms with Crippen LogP contribution in [0.15, 0.2) is 48.5 Å². The van der Waals surface area contributed by atoms with Gasteiger partial charge in [-0.1, -0.05) is 45.0 Å². The SMILES string of the molecule is CCCNC(=O)c1ccccc1NC(=O)C(CC)Oc1ccc(CC)cc1. The van der Waals surface area contributed by atoms with Crippen LogP contribution in [0.5, 0.6) is 5.75 Å². The van der Waals surface area contributed by atoms with E-state index in [1.165, 1.54) is 5.56 Å². The van der Waals surface area contributed by atoms with Gasteiger partial charge in [-0.05, 0) is 49.1 Å². The number of hydrogen-bond donors (Lipinski definition) is 2. The molecule has 0 aliphatic carbocycles. The van der Waals surface area contributed by atoms with Crippen LogP contribution in [0.25, 0.3) is 0 Å². The molecule has 0 spiro atoms. The van der Waals surface area contributed by atoms with Crippen molar-refractivity contribution in [3.05, 3.63) is 59.7 Å². The summed E-state index contributed by atoms with van der Waals surface area (Å²) in [6.07, 6.45) is 1.69. The number of carbonyl (C=O) groups excluding carboxylic acids is 2. The van der Waals surface area contributed by atoms with Crippen LogP contribution in [0.4, 0.5) is 5.69 Å². The van der Waals surface area contributed by atoms with E-state index in [-0.39, 0.29) is 11.8 Å². The van der Waals surface area contributed by atoms with Crippen LogP contribution in [0.2, 0.25) is 0 Å². The van der Waals surface area contributed by atoms with Crippen LogP contribution in [0, 0.1) is 0 Å². The van der Waals surface area contributed by atoms with Gasteiger partial charge in [-0.2, -0.15) is 0 Å². The highest BCUT2D eigenvalue weighted by molar-refractivity contribution is 6.04. The standard InChI is InChI=1S/C22H28N2O3/c1-4-15-23-21(25)18-9-7-8-10-19(18)24-22(26)20(6-3)27-17-13-11-16(5-2)12-14-17/h7-14,20H,4-6,15H2,1-3H3,(H,23,25)(H,24,26). The fraction of sp³-hybridized carbons (Fsp3) is 0.364. The molecular formula is C22H28N2O3. The average molecular weight is 368 g/mol. The first-order valence-corrected chi connectivity index (χ1v) is 9.52. The molecule has 144 valence electrons. The second kappa shape index (κ2) is 10.4. The average Bonchev–Trinajstić information content (AvgIpc) is 2.70. The lowest BCUT2D eigenvalue weighted by Gasteiger charge is -2.18. The van der Waals surface area contributed by atoms with Gasteiger partial charge >= 0.3 is 0 Å². The van der Waals surface area contributed by atoms with Crippen molar-refractivity contribution in [2.45, 2.75) is 46.1 Å².